The number of nitrogens with one attached hydrogen (secondary N) is 1. The smallest absolute Gasteiger partial charge is 0.408 e. The highest BCUT2D eigenvalue weighted by Crippen LogP contribution is 2.06. The van der Waals surface area contributed by atoms with E-state index in [4.69, 9.17) is 14.2 Å². The molecule has 0 radical (unpaired) electrons. The first kappa shape index (κ1) is 20.7. The van der Waals surface area contributed by atoms with Gasteiger partial charge in [-0.25, -0.2) is 4.79 Å². The molecule has 2 amide bonds. The van der Waals surface area contributed by atoms with Crippen LogP contribution in [0.2, 0.25) is 0 Å². The molecule has 0 saturated carbocycles. The average Bonchev–Trinajstić information content (AvgIpc) is 2.40. The summed E-state index contributed by atoms with van der Waals surface area (Å²) in [6.45, 7) is 12.6. The quantitative estimate of drug-likeness (QED) is 0.656. The van der Waals surface area contributed by atoms with Crippen molar-refractivity contribution in [3.8, 4) is 0 Å². The molecule has 0 spiro atoms. The van der Waals surface area contributed by atoms with Crippen LogP contribution in [0.15, 0.2) is 0 Å². The summed E-state index contributed by atoms with van der Waals surface area (Å²) in [4.78, 5) is 25.3. The number of hydrogen-bond acceptors (Lipinski definition) is 5. The third kappa shape index (κ3) is 9.57. The first-order valence-electron chi connectivity index (χ1n) is 7.71. The highest BCUT2D eigenvalue weighted by Gasteiger charge is 2.20. The third-order valence-corrected chi connectivity index (χ3v) is 2.59. The molecule has 0 saturated heterocycles. The summed E-state index contributed by atoms with van der Waals surface area (Å²) < 4.78 is 15.9. The van der Waals surface area contributed by atoms with Crippen molar-refractivity contribution in [2.45, 2.75) is 53.4 Å². The molecule has 0 atom stereocenters. The highest BCUT2D eigenvalue weighted by molar-refractivity contribution is 5.82. The summed E-state index contributed by atoms with van der Waals surface area (Å²) in [7, 11) is 0. The Hall–Kier alpha value is -1.34. The Morgan fingerprint density at radius 3 is 2.05 bits per heavy atom. The Bertz CT molecular complexity index is 335. The zero-order valence-corrected chi connectivity index (χ0v) is 14.6. The minimum atomic E-state index is -0.608. The largest absolute Gasteiger partial charge is 0.444 e. The molecule has 0 aliphatic rings. The molecule has 0 heterocycles. The van der Waals surface area contributed by atoms with E-state index in [-0.39, 0.29) is 12.5 Å². The average molecular weight is 318 g/mol. The summed E-state index contributed by atoms with van der Waals surface area (Å²) >= 11 is 0. The summed E-state index contributed by atoms with van der Waals surface area (Å²) in [5, 5.41) is 2.46. The Kier molecular flexibility index (Phi) is 9.76. The molecule has 0 fully saturated rings. The second kappa shape index (κ2) is 10.4. The number of amides is 2. The fraction of sp³-hybridized carbons (Fsp3) is 0.867. The van der Waals surface area contributed by atoms with Gasteiger partial charge in [0, 0.05) is 19.8 Å². The van der Waals surface area contributed by atoms with E-state index < -0.39 is 18.0 Å². The van der Waals surface area contributed by atoms with Crippen molar-refractivity contribution in [2.24, 2.45) is 0 Å². The molecule has 22 heavy (non-hydrogen) atoms. The normalized spacial score (nSPS) is 11.4. The van der Waals surface area contributed by atoms with Crippen molar-refractivity contribution in [3.05, 3.63) is 0 Å². The standard InChI is InChI=1S/C15H30N2O5/c1-7-17(11-13(20-8-2)21-9-3)12(18)10-16-14(19)22-15(4,5)6/h13H,7-11H2,1-6H3,(H,16,19). The molecule has 0 aromatic rings. The zero-order valence-electron chi connectivity index (χ0n) is 14.6. The lowest BCUT2D eigenvalue weighted by Gasteiger charge is -2.26. The van der Waals surface area contributed by atoms with Gasteiger partial charge in [0.2, 0.25) is 5.91 Å². The van der Waals surface area contributed by atoms with E-state index in [1.165, 1.54) is 0 Å². The topological polar surface area (TPSA) is 77.1 Å². The van der Waals surface area contributed by atoms with Crippen LogP contribution in [0, 0.1) is 0 Å². The maximum Gasteiger partial charge on any atom is 0.408 e. The maximum absolute atomic E-state index is 12.1. The second-order valence-corrected chi connectivity index (χ2v) is 5.63. The molecular weight excluding hydrogens is 288 g/mol. The van der Waals surface area contributed by atoms with Gasteiger partial charge >= 0.3 is 6.09 Å². The van der Waals surface area contributed by atoms with Crippen molar-refractivity contribution in [1.82, 2.24) is 10.2 Å². The van der Waals surface area contributed by atoms with Crippen LogP contribution in [-0.2, 0) is 19.0 Å². The number of ether oxygens (including phenoxy) is 3. The molecule has 0 rings (SSSR count). The van der Waals surface area contributed by atoms with Gasteiger partial charge in [0.25, 0.3) is 0 Å². The van der Waals surface area contributed by atoms with Crippen molar-refractivity contribution in [1.29, 1.82) is 0 Å². The molecule has 7 heteroatoms. The molecule has 7 nitrogen and oxygen atoms in total. The number of nitrogens with zero attached hydrogens (tertiary/aromatic N) is 1. The summed E-state index contributed by atoms with van der Waals surface area (Å²) in [6, 6.07) is 0. The summed E-state index contributed by atoms with van der Waals surface area (Å²) in [5.41, 5.74) is -0.591. The van der Waals surface area contributed by atoms with Gasteiger partial charge in [-0.2, -0.15) is 0 Å². The van der Waals surface area contributed by atoms with Gasteiger partial charge in [-0.05, 0) is 41.5 Å². The SMILES string of the molecule is CCOC(CN(CC)C(=O)CNC(=O)OC(C)(C)C)OCC. The molecule has 0 aromatic heterocycles. The van der Waals surface area contributed by atoms with Gasteiger partial charge in [-0.3, -0.25) is 4.79 Å². The van der Waals surface area contributed by atoms with Crippen LogP contribution in [0.25, 0.3) is 0 Å². The van der Waals surface area contributed by atoms with E-state index in [0.717, 1.165) is 0 Å². The van der Waals surface area contributed by atoms with E-state index in [1.807, 2.05) is 20.8 Å². The minimum absolute atomic E-state index is 0.117. The number of rotatable bonds is 9. The summed E-state index contributed by atoms with van der Waals surface area (Å²) in [5.74, 6) is -0.210. The zero-order chi connectivity index (χ0) is 17.2. The molecule has 0 aromatic carbocycles. The van der Waals surface area contributed by atoms with Crippen LogP contribution >= 0.6 is 0 Å². The Morgan fingerprint density at radius 1 is 1.09 bits per heavy atom. The summed E-state index contributed by atoms with van der Waals surface area (Å²) in [6.07, 6.45) is -1.07. The molecular formula is C15H30N2O5. The van der Waals surface area contributed by atoms with E-state index in [0.29, 0.717) is 26.3 Å². The van der Waals surface area contributed by atoms with Gasteiger partial charge in [-0.15, -0.1) is 0 Å². The van der Waals surface area contributed by atoms with Crippen LogP contribution in [0.5, 0.6) is 0 Å². The Balaban J connectivity index is 4.37. The lowest BCUT2D eigenvalue weighted by Crippen LogP contribution is -2.45. The molecule has 0 aliphatic carbocycles. The third-order valence-electron chi connectivity index (χ3n) is 2.59. The number of carbonyl (C=O) groups is 2. The molecule has 0 unspecified atom stereocenters. The number of likely N-dealkylation sites (N-methyl/N-ethyl adjacent to an activating group) is 1. The molecule has 0 bridgehead atoms. The number of alkyl carbamates (subject to hydrolysis) is 1. The Labute approximate surface area is 133 Å². The van der Waals surface area contributed by atoms with Crippen molar-refractivity contribution >= 4 is 12.0 Å². The molecule has 130 valence electrons. The van der Waals surface area contributed by atoms with Crippen LogP contribution in [0.4, 0.5) is 4.79 Å². The predicted molar refractivity (Wildman–Crippen MR) is 83.5 cm³/mol. The lowest BCUT2D eigenvalue weighted by molar-refractivity contribution is -0.157. The first-order valence-corrected chi connectivity index (χ1v) is 7.71. The molecule has 1 N–H and O–H groups in total. The van der Waals surface area contributed by atoms with Crippen molar-refractivity contribution in [3.63, 3.8) is 0 Å². The van der Waals surface area contributed by atoms with E-state index in [9.17, 15) is 9.59 Å². The molecule has 0 aliphatic heterocycles. The van der Waals surface area contributed by atoms with Gasteiger partial charge < -0.3 is 24.4 Å². The first-order chi connectivity index (χ1) is 10.2. The van der Waals surface area contributed by atoms with Crippen LogP contribution in [0.1, 0.15) is 41.5 Å². The van der Waals surface area contributed by atoms with Crippen LogP contribution in [-0.4, -0.2) is 61.6 Å². The van der Waals surface area contributed by atoms with Crippen molar-refractivity contribution < 1.29 is 23.8 Å². The van der Waals surface area contributed by atoms with Gasteiger partial charge in [0.05, 0.1) is 6.54 Å². The Morgan fingerprint density at radius 2 is 1.64 bits per heavy atom. The van der Waals surface area contributed by atoms with Gasteiger partial charge in [0.15, 0.2) is 6.29 Å². The van der Waals surface area contributed by atoms with E-state index >= 15 is 0 Å². The minimum Gasteiger partial charge on any atom is -0.444 e. The fourth-order valence-electron chi connectivity index (χ4n) is 1.69. The maximum atomic E-state index is 12.1. The lowest BCUT2D eigenvalue weighted by atomic mass is 10.2. The monoisotopic (exact) mass is 318 g/mol. The van der Waals surface area contributed by atoms with Gasteiger partial charge in [-0.1, -0.05) is 0 Å². The van der Waals surface area contributed by atoms with E-state index in [1.54, 1.807) is 25.7 Å². The second-order valence-electron chi connectivity index (χ2n) is 5.63. The number of hydrogen-bond donors (Lipinski definition) is 1. The number of carbonyl (C=O) groups excluding carboxylic acids is 2. The fourth-order valence-corrected chi connectivity index (χ4v) is 1.69. The highest BCUT2D eigenvalue weighted by atomic mass is 16.7. The van der Waals surface area contributed by atoms with Gasteiger partial charge in [0.1, 0.15) is 12.1 Å². The van der Waals surface area contributed by atoms with Crippen molar-refractivity contribution in [2.75, 3.05) is 32.8 Å². The predicted octanol–water partition coefficient (Wildman–Crippen LogP) is 1.76. The van der Waals surface area contributed by atoms with E-state index in [2.05, 4.69) is 5.32 Å². The van der Waals surface area contributed by atoms with Crippen LogP contribution < -0.4 is 5.32 Å². The van der Waals surface area contributed by atoms with Crippen LogP contribution in [0.3, 0.4) is 0 Å².